The maximum absolute atomic E-state index is 17.2. The summed E-state index contributed by atoms with van der Waals surface area (Å²) in [6, 6.07) is 11.6. The molecule has 2 aromatic carbocycles. The third-order valence-corrected chi connectivity index (χ3v) is 13.4. The Kier molecular flexibility index (Phi) is 8.02. The molecule has 6 unspecified atom stereocenters. The van der Waals surface area contributed by atoms with Gasteiger partial charge >= 0.3 is 0 Å². The summed E-state index contributed by atoms with van der Waals surface area (Å²) in [5, 5.41) is 27.4. The first-order chi connectivity index (χ1) is 26.2. The molecule has 276 valence electrons. The lowest BCUT2D eigenvalue weighted by Crippen LogP contribution is -2.41. The van der Waals surface area contributed by atoms with Gasteiger partial charge in [0.15, 0.2) is 5.82 Å². The first-order valence-corrected chi connectivity index (χ1v) is 19.7. The highest BCUT2D eigenvalue weighted by molar-refractivity contribution is 6.43. The van der Waals surface area contributed by atoms with Gasteiger partial charge in [-0.2, -0.15) is 5.26 Å². The number of halogens is 3. The maximum Gasteiger partial charge on any atom is 0.226 e. The smallest absolute Gasteiger partial charge is 0.226 e. The number of likely N-dealkylation sites (tertiary alicyclic amines) is 1. The Balaban J connectivity index is 1.16. The van der Waals surface area contributed by atoms with Gasteiger partial charge in [-0.25, -0.2) is 14.1 Å². The van der Waals surface area contributed by atoms with Gasteiger partial charge in [0.2, 0.25) is 11.8 Å². The van der Waals surface area contributed by atoms with Crippen LogP contribution in [0.15, 0.2) is 36.5 Å². The Labute approximate surface area is 320 Å². The quantitative estimate of drug-likeness (QED) is 0.179. The third-order valence-electron chi connectivity index (χ3n) is 12.6. The van der Waals surface area contributed by atoms with E-state index in [1.807, 2.05) is 28.8 Å². The van der Waals surface area contributed by atoms with E-state index < -0.39 is 5.82 Å². The van der Waals surface area contributed by atoms with Crippen molar-refractivity contribution in [1.29, 1.82) is 5.26 Å². The first kappa shape index (κ1) is 34.0. The number of carbonyl (C=O) groups is 2. The van der Waals surface area contributed by atoms with Crippen LogP contribution >= 0.6 is 23.2 Å². The topological polar surface area (TPSA) is 134 Å². The molecule has 2 amide bonds. The van der Waals surface area contributed by atoms with Crippen molar-refractivity contribution in [1.82, 2.24) is 40.1 Å². The zero-order valence-corrected chi connectivity index (χ0v) is 31.2. The van der Waals surface area contributed by atoms with Crippen LogP contribution in [-0.2, 0) is 16.0 Å². The van der Waals surface area contributed by atoms with Crippen LogP contribution < -0.4 is 10.6 Å². The molecule has 2 N–H and O–H groups in total. The van der Waals surface area contributed by atoms with Crippen molar-refractivity contribution in [2.24, 2.45) is 11.8 Å². The molecule has 54 heavy (non-hydrogen) atoms. The molecule has 3 aromatic heterocycles. The van der Waals surface area contributed by atoms with E-state index in [2.05, 4.69) is 37.6 Å². The molecule has 2 saturated carbocycles. The molecule has 2 aliphatic carbocycles. The molecular weight excluding hydrogens is 728 g/mol. The monoisotopic (exact) mass is 765 g/mol. The molecule has 11 rings (SSSR count). The lowest BCUT2D eigenvalue weighted by molar-refractivity contribution is -0.133. The van der Waals surface area contributed by atoms with Crippen LogP contribution in [-0.4, -0.2) is 66.9 Å². The molecule has 7 heterocycles. The van der Waals surface area contributed by atoms with Gasteiger partial charge in [-0.15, -0.1) is 5.10 Å². The van der Waals surface area contributed by atoms with Gasteiger partial charge in [-0.1, -0.05) is 40.5 Å². The second kappa shape index (κ2) is 12.8. The molecule has 5 aromatic rings. The number of fused-ring (bicyclic) bond motifs is 4. The molecule has 6 aliphatic rings. The Hall–Kier alpha value is -4.57. The van der Waals surface area contributed by atoms with Crippen molar-refractivity contribution in [3.8, 4) is 17.2 Å². The normalized spacial score (nSPS) is 26.1. The Bertz CT molecular complexity index is 2440. The fourth-order valence-electron chi connectivity index (χ4n) is 9.66. The summed E-state index contributed by atoms with van der Waals surface area (Å²) < 4.78 is 21.5. The number of aryl methyl sites for hydroxylation is 2. The SMILES string of the molecule is Cc1nc2c(F)c(-c3cccc(Cl)c3Cl)c(CCC#N)cc2c2c1cc(C1CC(n3cc(C4CNC(=O)C4)nn3)CN1C(=O)C1CC1)n2C1C2CNC1C2. The van der Waals surface area contributed by atoms with Gasteiger partial charge in [-0.05, 0) is 68.7 Å². The van der Waals surface area contributed by atoms with Crippen molar-refractivity contribution < 1.29 is 14.0 Å². The van der Waals surface area contributed by atoms with E-state index in [0.717, 1.165) is 48.1 Å². The number of aromatic nitrogens is 5. The number of nitriles is 1. The van der Waals surface area contributed by atoms with Crippen LogP contribution in [0.1, 0.15) is 85.2 Å². The van der Waals surface area contributed by atoms with E-state index in [0.29, 0.717) is 71.1 Å². The molecule has 4 aliphatic heterocycles. The molecule has 14 heteroatoms. The van der Waals surface area contributed by atoms with Crippen molar-refractivity contribution >= 4 is 56.8 Å². The highest BCUT2D eigenvalue weighted by Crippen LogP contribution is 2.52. The second-order valence-electron chi connectivity index (χ2n) is 15.8. The minimum Gasteiger partial charge on any atom is -0.355 e. The Morgan fingerprint density at radius 3 is 2.72 bits per heavy atom. The molecule has 0 spiro atoms. The number of benzene rings is 2. The molecule has 4 saturated heterocycles. The third kappa shape index (κ3) is 5.26. The largest absolute Gasteiger partial charge is 0.355 e. The van der Waals surface area contributed by atoms with Gasteiger partial charge in [0, 0.05) is 89.8 Å². The second-order valence-corrected chi connectivity index (χ2v) is 16.6. The first-order valence-electron chi connectivity index (χ1n) is 18.9. The highest BCUT2D eigenvalue weighted by atomic mass is 35.5. The lowest BCUT2D eigenvalue weighted by atomic mass is 9.79. The van der Waals surface area contributed by atoms with Gasteiger partial charge in [0.25, 0.3) is 0 Å². The predicted octanol–water partition coefficient (Wildman–Crippen LogP) is 6.72. The fraction of sp³-hybridized carbons (Fsp3) is 0.450. The van der Waals surface area contributed by atoms with E-state index in [1.165, 1.54) is 0 Å². The number of rotatable bonds is 8. The standard InChI is InChI=1S/C40H38Cl2FN9O2/c1-19-26-14-32(31-13-24(17-50(31)40(54)20-7-8-20)51-18-30(48-49-51)22-12-33(53)46-15-22)52(38-23-11-29(38)45-16-23)39(26)27-10-21(4-3-9-44)34(36(43)37(27)47-19)25-5-2-6-28(41)35(25)42/h2,5-6,10,14,18,20,22-24,29,31,38,45H,3-4,7-8,11-13,15-17H2,1H3,(H,46,53). The number of carbonyl (C=O) groups excluding carboxylic acids is 2. The molecule has 2 bridgehead atoms. The predicted molar refractivity (Wildman–Crippen MR) is 201 cm³/mol. The van der Waals surface area contributed by atoms with Crippen LogP contribution in [0.3, 0.4) is 0 Å². The van der Waals surface area contributed by atoms with Crippen molar-refractivity contribution in [2.75, 3.05) is 19.6 Å². The average Bonchev–Trinajstić information content (AvgIpc) is 3.80. The summed E-state index contributed by atoms with van der Waals surface area (Å²) in [6.45, 7) is 3.86. The molecular formula is C40H38Cl2FN9O2. The van der Waals surface area contributed by atoms with E-state index >= 15 is 4.39 Å². The average molecular weight is 767 g/mol. The van der Waals surface area contributed by atoms with Gasteiger partial charge in [-0.3, -0.25) is 9.59 Å². The van der Waals surface area contributed by atoms with E-state index in [1.54, 1.807) is 18.2 Å². The number of amides is 2. The Morgan fingerprint density at radius 1 is 1.15 bits per heavy atom. The summed E-state index contributed by atoms with van der Waals surface area (Å²) in [7, 11) is 0. The lowest BCUT2D eigenvalue weighted by Gasteiger charge is -2.39. The van der Waals surface area contributed by atoms with Crippen LogP contribution in [0.2, 0.25) is 10.0 Å². The van der Waals surface area contributed by atoms with E-state index in [-0.39, 0.29) is 64.8 Å². The molecule has 11 nitrogen and oxygen atoms in total. The molecule has 6 atom stereocenters. The Morgan fingerprint density at radius 2 is 2.00 bits per heavy atom. The van der Waals surface area contributed by atoms with Crippen LogP contribution in [0.5, 0.6) is 0 Å². The zero-order valence-electron chi connectivity index (χ0n) is 29.7. The number of nitrogens with zero attached hydrogens (tertiary/aromatic N) is 7. The van der Waals surface area contributed by atoms with Gasteiger partial charge in [0.1, 0.15) is 5.52 Å². The van der Waals surface area contributed by atoms with Gasteiger partial charge < -0.3 is 20.1 Å². The highest BCUT2D eigenvalue weighted by Gasteiger charge is 2.51. The number of pyridine rings is 1. The summed E-state index contributed by atoms with van der Waals surface area (Å²) in [4.78, 5) is 33.1. The van der Waals surface area contributed by atoms with Crippen LogP contribution in [0.25, 0.3) is 32.9 Å². The van der Waals surface area contributed by atoms with Crippen molar-refractivity contribution in [3.05, 3.63) is 75.0 Å². The van der Waals surface area contributed by atoms with Crippen LogP contribution in [0.4, 0.5) is 4.39 Å². The fourth-order valence-corrected chi connectivity index (χ4v) is 10.1. The molecule has 6 fully saturated rings. The van der Waals surface area contributed by atoms with Crippen molar-refractivity contribution in [3.63, 3.8) is 0 Å². The minimum absolute atomic E-state index is 0.0165. The number of nitrogens with one attached hydrogen (secondary N) is 2. The zero-order chi connectivity index (χ0) is 37.0. The number of hydrogen-bond acceptors (Lipinski definition) is 7. The van der Waals surface area contributed by atoms with Crippen LogP contribution in [0, 0.1) is 35.9 Å². The maximum atomic E-state index is 17.2. The van der Waals surface area contributed by atoms with Gasteiger partial charge in [0.05, 0.1) is 45.5 Å². The summed E-state index contributed by atoms with van der Waals surface area (Å²) >= 11 is 13.1. The minimum atomic E-state index is -0.494. The van der Waals surface area contributed by atoms with Crippen molar-refractivity contribution in [2.45, 2.75) is 82.0 Å². The van der Waals surface area contributed by atoms with E-state index in [4.69, 9.17) is 28.2 Å². The summed E-state index contributed by atoms with van der Waals surface area (Å²) in [5.74, 6) is 0.0759. The van der Waals surface area contributed by atoms with E-state index in [9.17, 15) is 14.9 Å². The summed E-state index contributed by atoms with van der Waals surface area (Å²) in [5.41, 5.74) is 5.08. The summed E-state index contributed by atoms with van der Waals surface area (Å²) in [6.07, 6.45) is 6.33. The number of hydrogen-bond donors (Lipinski definition) is 2. The molecule has 0 radical (unpaired) electrons.